The fourth-order valence-electron chi connectivity index (χ4n) is 6.08. The molecule has 2 rings (SSSR count). The molecule has 21 nitrogen and oxygen atoms in total. The summed E-state index contributed by atoms with van der Waals surface area (Å²) in [6.45, 7) is 5.58. The van der Waals surface area contributed by atoms with Gasteiger partial charge in [-0.25, -0.2) is 4.79 Å². The molecule has 21 heteroatoms. The molecule has 0 aromatic heterocycles. The van der Waals surface area contributed by atoms with E-state index in [-0.39, 0.29) is 77.3 Å². The zero-order chi connectivity index (χ0) is 47.7. The van der Waals surface area contributed by atoms with Crippen molar-refractivity contribution in [3.63, 3.8) is 0 Å². The number of nitrogens with one attached hydrogen (secondary N) is 6. The first-order chi connectivity index (χ1) is 31.3. The van der Waals surface area contributed by atoms with E-state index in [1.54, 1.807) is 38.1 Å². The van der Waals surface area contributed by atoms with Crippen molar-refractivity contribution in [2.24, 2.45) is 11.7 Å². The first-order valence-electron chi connectivity index (χ1n) is 22.1. The van der Waals surface area contributed by atoms with Crippen LogP contribution in [0.3, 0.4) is 0 Å². The number of hydrogen-bond acceptors (Lipinski definition) is 13. The smallest absolute Gasteiger partial charge is 0.312 e. The number of carboxylic acids is 1. The summed E-state index contributed by atoms with van der Waals surface area (Å²) in [5.41, 5.74) is 6.17. The Balaban J connectivity index is 1.70. The SMILES string of the molecule is CC(C)[C@H](NC(=O)[C@H](CCC(=O)O)NC(=O)CCOCCOCCOCCOCCNC(=O)COC1C#CCCCCC1)C(=O)N[C@@H](CCCNC(N)=O)C(=O)Nc1ccc(CO)cc1. The second-order valence-electron chi connectivity index (χ2n) is 15.4. The van der Waals surface area contributed by atoms with Gasteiger partial charge in [0.05, 0.1) is 59.5 Å². The highest BCUT2D eigenvalue weighted by molar-refractivity contribution is 5.99. The number of nitrogens with two attached hydrogens (primary N) is 1. The Labute approximate surface area is 380 Å². The maximum Gasteiger partial charge on any atom is 0.312 e. The second-order valence-corrected chi connectivity index (χ2v) is 15.4. The second kappa shape index (κ2) is 34.0. The summed E-state index contributed by atoms with van der Waals surface area (Å²) in [7, 11) is 0. The van der Waals surface area contributed by atoms with Crippen LogP contribution >= 0.6 is 0 Å². The van der Waals surface area contributed by atoms with Gasteiger partial charge < -0.3 is 71.5 Å². The molecular formula is C44H69N7O14. The summed E-state index contributed by atoms with van der Waals surface area (Å²) >= 11 is 0. The molecule has 1 aromatic rings. The molecule has 0 saturated heterocycles. The van der Waals surface area contributed by atoms with Gasteiger partial charge in [0, 0.05) is 38.0 Å². The molecule has 0 radical (unpaired) electrons. The van der Waals surface area contributed by atoms with E-state index in [9.17, 15) is 43.8 Å². The Kier molecular flexibility index (Phi) is 29.2. The topological polar surface area (TPSA) is 304 Å². The molecule has 1 aromatic carbocycles. The van der Waals surface area contributed by atoms with Crippen molar-refractivity contribution in [1.29, 1.82) is 0 Å². The summed E-state index contributed by atoms with van der Waals surface area (Å²) in [6.07, 6.45) is 4.27. The Bertz CT molecular complexity index is 1670. The maximum atomic E-state index is 13.6. The minimum Gasteiger partial charge on any atom is -0.481 e. The van der Waals surface area contributed by atoms with Crippen molar-refractivity contribution in [2.45, 2.75) is 109 Å². The minimum absolute atomic E-state index is 0.0139. The molecule has 0 aliphatic heterocycles. The zero-order valence-electron chi connectivity index (χ0n) is 37.6. The normalized spacial score (nSPS) is 14.9. The lowest BCUT2D eigenvalue weighted by Gasteiger charge is -2.27. The van der Waals surface area contributed by atoms with Crippen LogP contribution in [0.1, 0.15) is 83.6 Å². The van der Waals surface area contributed by atoms with Crippen LogP contribution in [-0.4, -0.2) is 149 Å². The van der Waals surface area contributed by atoms with E-state index in [1.165, 1.54) is 0 Å². The predicted molar refractivity (Wildman–Crippen MR) is 237 cm³/mol. The summed E-state index contributed by atoms with van der Waals surface area (Å²) in [4.78, 5) is 87.7. The van der Waals surface area contributed by atoms with Crippen molar-refractivity contribution in [2.75, 3.05) is 77.9 Å². The van der Waals surface area contributed by atoms with Gasteiger partial charge >= 0.3 is 12.0 Å². The van der Waals surface area contributed by atoms with Gasteiger partial charge in [0.1, 0.15) is 30.8 Å². The Morgan fingerprint density at radius 1 is 0.723 bits per heavy atom. The number of urea groups is 1. The molecule has 0 spiro atoms. The largest absolute Gasteiger partial charge is 0.481 e. The molecule has 65 heavy (non-hydrogen) atoms. The van der Waals surface area contributed by atoms with Crippen molar-refractivity contribution in [3.05, 3.63) is 29.8 Å². The van der Waals surface area contributed by atoms with Crippen LogP contribution in [0.25, 0.3) is 0 Å². The quantitative estimate of drug-likeness (QED) is 0.0336. The van der Waals surface area contributed by atoms with Gasteiger partial charge in [-0.3, -0.25) is 28.8 Å². The first-order valence-corrected chi connectivity index (χ1v) is 22.1. The molecule has 1 unspecified atom stereocenters. The maximum absolute atomic E-state index is 13.6. The number of hydrogen-bond donors (Lipinski definition) is 9. The van der Waals surface area contributed by atoms with E-state index in [0.29, 0.717) is 50.8 Å². The number of carbonyl (C=O) groups excluding carboxylic acids is 6. The molecule has 364 valence electrons. The molecular weight excluding hydrogens is 851 g/mol. The molecule has 7 amide bonds. The third-order valence-electron chi connectivity index (χ3n) is 9.66. The van der Waals surface area contributed by atoms with Crippen molar-refractivity contribution >= 4 is 47.2 Å². The molecule has 10 N–H and O–H groups in total. The minimum atomic E-state index is -1.30. The van der Waals surface area contributed by atoms with Crippen molar-refractivity contribution in [3.8, 4) is 11.8 Å². The van der Waals surface area contributed by atoms with Crippen LogP contribution in [0.5, 0.6) is 0 Å². The zero-order valence-corrected chi connectivity index (χ0v) is 37.6. The lowest BCUT2D eigenvalue weighted by atomic mass is 10.0. The first kappa shape index (κ1) is 55.8. The molecule has 0 saturated carbocycles. The van der Waals surface area contributed by atoms with Crippen LogP contribution in [0.2, 0.25) is 0 Å². The van der Waals surface area contributed by atoms with Gasteiger partial charge in [-0.2, -0.15) is 0 Å². The highest BCUT2D eigenvalue weighted by Crippen LogP contribution is 2.13. The molecule has 0 heterocycles. The summed E-state index contributed by atoms with van der Waals surface area (Å²) in [6, 6.07) is 2.05. The lowest BCUT2D eigenvalue weighted by molar-refractivity contribution is -0.138. The monoisotopic (exact) mass is 919 g/mol. The molecule has 4 atom stereocenters. The van der Waals surface area contributed by atoms with Crippen LogP contribution in [-0.2, 0) is 59.1 Å². The van der Waals surface area contributed by atoms with Gasteiger partial charge in [-0.05, 0) is 62.1 Å². The molecule has 0 bridgehead atoms. The Morgan fingerprint density at radius 3 is 2.00 bits per heavy atom. The van der Waals surface area contributed by atoms with Crippen LogP contribution in [0, 0.1) is 17.8 Å². The average molecular weight is 920 g/mol. The fraction of sp³-hybridized carbons (Fsp3) is 0.659. The van der Waals surface area contributed by atoms with Gasteiger partial charge in [0.15, 0.2) is 0 Å². The summed E-state index contributed by atoms with van der Waals surface area (Å²) in [5.74, 6) is 1.57. The van der Waals surface area contributed by atoms with E-state index in [2.05, 4.69) is 43.7 Å². The molecule has 1 aliphatic rings. The van der Waals surface area contributed by atoms with E-state index >= 15 is 0 Å². The van der Waals surface area contributed by atoms with Crippen molar-refractivity contribution in [1.82, 2.24) is 26.6 Å². The molecule has 0 fully saturated rings. The standard InChI is InChI=1S/C44H69N7O14/c1-31(2)40(43(59)50-35(11-8-19-47-44(45)60)41(57)48-33-14-12-32(29-52)13-15-33)51-42(58)36(16-17-39(55)56)49-37(53)18-21-61-23-25-63-27-28-64-26-24-62-22-20-46-38(54)30-65-34-9-6-4-3-5-7-10-34/h12-15,31,34-36,40,52H,3-6,8-9,11,16-30H2,1-2H3,(H,46,54)(H,48,57)(H,49,53)(H,50,59)(H,51,58)(H,55,56)(H3,45,47,60)/t34?,35-,36-,40-/m0/s1. The number of rotatable bonds is 34. The third-order valence-corrected chi connectivity index (χ3v) is 9.66. The van der Waals surface area contributed by atoms with Gasteiger partial charge in [-0.15, -0.1) is 5.92 Å². The number of aliphatic hydroxyl groups is 1. The van der Waals surface area contributed by atoms with Gasteiger partial charge in [-0.1, -0.05) is 38.3 Å². The number of carbonyl (C=O) groups is 7. The highest BCUT2D eigenvalue weighted by atomic mass is 16.6. The number of carboxylic acid groups (broad SMARTS) is 1. The Hall–Kier alpha value is -5.37. The van der Waals surface area contributed by atoms with Crippen molar-refractivity contribution < 1.29 is 67.5 Å². The Morgan fingerprint density at radius 2 is 1.37 bits per heavy atom. The van der Waals surface area contributed by atoms with E-state index in [0.717, 1.165) is 32.1 Å². The number of benzene rings is 1. The molecule has 1 aliphatic carbocycles. The number of aliphatic hydroxyl groups excluding tert-OH is 1. The lowest BCUT2D eigenvalue weighted by Crippen LogP contribution is -2.58. The van der Waals surface area contributed by atoms with Crippen LogP contribution < -0.4 is 37.6 Å². The number of aliphatic carboxylic acids is 1. The number of ether oxygens (including phenoxy) is 5. The van der Waals surface area contributed by atoms with Gasteiger partial charge in [0.25, 0.3) is 0 Å². The number of amides is 7. The fourth-order valence-corrected chi connectivity index (χ4v) is 6.08. The van der Waals surface area contributed by atoms with Crippen LogP contribution in [0.4, 0.5) is 10.5 Å². The van der Waals surface area contributed by atoms with E-state index in [4.69, 9.17) is 29.4 Å². The van der Waals surface area contributed by atoms with Crippen LogP contribution in [0.15, 0.2) is 24.3 Å². The summed E-state index contributed by atoms with van der Waals surface area (Å²) < 4.78 is 27.5. The number of anilines is 1. The summed E-state index contributed by atoms with van der Waals surface area (Å²) in [5, 5.41) is 34.3. The van der Waals surface area contributed by atoms with E-state index < -0.39 is 66.1 Å². The highest BCUT2D eigenvalue weighted by Gasteiger charge is 2.32. The predicted octanol–water partition coefficient (Wildman–Crippen LogP) is 0.467. The third kappa shape index (κ3) is 26.9. The van der Waals surface area contributed by atoms with E-state index in [1.807, 2.05) is 0 Å². The number of primary amides is 1. The van der Waals surface area contributed by atoms with Gasteiger partial charge in [0.2, 0.25) is 29.5 Å². The average Bonchev–Trinajstić information content (AvgIpc) is 3.25.